The molecule has 0 aliphatic rings. The Morgan fingerprint density at radius 1 is 0.364 bits per heavy atom. The maximum Gasteiger partial charge on any atom is 0.143 e. The lowest BCUT2D eigenvalue weighted by molar-refractivity contribution is 0.670. The Morgan fingerprint density at radius 2 is 1.00 bits per heavy atom. The molecular weight excluding hydrogens is 687 g/mol. The van der Waals surface area contributed by atoms with Gasteiger partial charge < -0.3 is 9.32 Å². The molecule has 0 saturated carbocycles. The summed E-state index contributed by atoms with van der Waals surface area (Å²) in [5.41, 5.74) is 11.9. The monoisotopic (exact) mass is 719 g/mol. The number of hydrogen-bond donors (Lipinski definition) is 0. The summed E-state index contributed by atoms with van der Waals surface area (Å²) < 4.78 is 9.26. The Labute approximate surface area is 322 Å². The van der Waals surface area contributed by atoms with Crippen LogP contribution in [0.25, 0.3) is 86.3 Å². The van der Waals surface area contributed by atoms with Crippen LogP contribution in [0.5, 0.6) is 0 Å². The van der Waals surface area contributed by atoms with Crippen LogP contribution in [0, 0.1) is 0 Å². The van der Waals surface area contributed by atoms with Crippen LogP contribution in [-0.2, 0) is 0 Å². The Kier molecular flexibility index (Phi) is 7.39. The second-order valence-electron chi connectivity index (χ2n) is 14.1. The molecule has 0 fully saturated rings. The third-order valence-corrected chi connectivity index (χ3v) is 12.0. The number of fused-ring (bicyclic) bond motifs is 7. The van der Waals surface area contributed by atoms with E-state index in [0.29, 0.717) is 0 Å². The summed E-state index contributed by atoms with van der Waals surface area (Å²) in [5.74, 6) is 0. The van der Waals surface area contributed by atoms with Crippen LogP contribution in [0.3, 0.4) is 0 Å². The summed E-state index contributed by atoms with van der Waals surface area (Å²) in [4.78, 5) is 2.43. The average Bonchev–Trinajstić information content (AvgIpc) is 3.82. The first-order valence-corrected chi connectivity index (χ1v) is 19.5. The number of benzene rings is 9. The summed E-state index contributed by atoms with van der Waals surface area (Å²) in [6, 6.07) is 72.3. The highest BCUT2D eigenvalue weighted by molar-refractivity contribution is 7.25. The molecule has 11 aromatic rings. The molecule has 258 valence electrons. The molecule has 0 spiro atoms. The van der Waals surface area contributed by atoms with Gasteiger partial charge in [-0.15, -0.1) is 11.3 Å². The van der Waals surface area contributed by atoms with Gasteiger partial charge in [-0.2, -0.15) is 0 Å². The van der Waals surface area contributed by atoms with Gasteiger partial charge in [0.1, 0.15) is 11.2 Å². The zero-order valence-corrected chi connectivity index (χ0v) is 30.6. The summed E-state index contributed by atoms with van der Waals surface area (Å²) >= 11 is 1.85. The van der Waals surface area contributed by atoms with E-state index >= 15 is 0 Å². The van der Waals surface area contributed by atoms with E-state index in [-0.39, 0.29) is 0 Å². The Hall–Kier alpha value is -6.94. The van der Waals surface area contributed by atoms with Gasteiger partial charge in [0, 0.05) is 53.3 Å². The highest BCUT2D eigenvalue weighted by atomic mass is 32.1. The third-order valence-electron chi connectivity index (χ3n) is 10.9. The van der Waals surface area contributed by atoms with Crippen LogP contribution < -0.4 is 4.90 Å². The van der Waals surface area contributed by atoms with E-state index in [0.717, 1.165) is 55.7 Å². The van der Waals surface area contributed by atoms with E-state index in [1.165, 1.54) is 47.6 Å². The van der Waals surface area contributed by atoms with Crippen LogP contribution in [0.1, 0.15) is 0 Å². The molecule has 2 aromatic heterocycles. The molecule has 0 saturated heterocycles. The zero-order chi connectivity index (χ0) is 36.3. The van der Waals surface area contributed by atoms with Crippen molar-refractivity contribution in [2.75, 3.05) is 4.90 Å². The minimum Gasteiger partial charge on any atom is -0.455 e. The van der Waals surface area contributed by atoms with E-state index < -0.39 is 0 Å². The fourth-order valence-electron chi connectivity index (χ4n) is 8.26. The topological polar surface area (TPSA) is 16.4 Å². The van der Waals surface area contributed by atoms with Crippen LogP contribution in [0.15, 0.2) is 205 Å². The fraction of sp³-hybridized carbons (Fsp3) is 0. The van der Waals surface area contributed by atoms with Crippen molar-refractivity contribution in [1.82, 2.24) is 0 Å². The summed E-state index contributed by atoms with van der Waals surface area (Å²) in [7, 11) is 0. The lowest BCUT2D eigenvalue weighted by Gasteiger charge is -2.30. The summed E-state index contributed by atoms with van der Waals surface area (Å²) in [6.07, 6.45) is 0. The first-order valence-electron chi connectivity index (χ1n) is 18.7. The minimum absolute atomic E-state index is 0.893. The van der Waals surface area contributed by atoms with Crippen molar-refractivity contribution in [1.29, 1.82) is 0 Å². The van der Waals surface area contributed by atoms with Crippen molar-refractivity contribution >= 4 is 81.3 Å². The molecule has 0 atom stereocenters. The molecular formula is C52H33NOS. The molecule has 0 aliphatic heterocycles. The van der Waals surface area contributed by atoms with Crippen molar-refractivity contribution in [2.24, 2.45) is 0 Å². The molecule has 0 aliphatic carbocycles. The van der Waals surface area contributed by atoms with Crippen LogP contribution in [-0.4, -0.2) is 0 Å². The summed E-state index contributed by atoms with van der Waals surface area (Å²) in [5, 5.41) is 7.29. The Bertz CT molecular complexity index is 3240. The Morgan fingerprint density at radius 3 is 1.91 bits per heavy atom. The number of furan rings is 1. The first kappa shape index (κ1) is 31.6. The second-order valence-corrected chi connectivity index (χ2v) is 15.2. The molecule has 0 unspecified atom stereocenters. The van der Waals surface area contributed by atoms with Gasteiger partial charge in [-0.25, -0.2) is 0 Å². The standard InChI is InChI=1S/C52H33NOS/c1-2-14-35-31-38(28-27-34(35)13-1)40-17-3-7-23-47(40)53(39-16-11-15-36(32-39)37-29-30-51-46(33-37)43-20-6-10-26-50(43)55-51)48-24-8-4-18-41(48)44-21-12-22-45-42-19-5-9-25-49(42)54-52(44)45/h1-33H. The molecule has 2 heterocycles. The maximum atomic E-state index is 6.64. The maximum absolute atomic E-state index is 6.64. The van der Waals surface area contributed by atoms with Crippen molar-refractivity contribution in [3.05, 3.63) is 200 Å². The fourth-order valence-corrected chi connectivity index (χ4v) is 9.35. The smallest absolute Gasteiger partial charge is 0.143 e. The van der Waals surface area contributed by atoms with E-state index in [9.17, 15) is 0 Å². The third kappa shape index (κ3) is 5.32. The van der Waals surface area contributed by atoms with Gasteiger partial charge >= 0.3 is 0 Å². The Balaban J connectivity index is 1.15. The molecule has 11 rings (SSSR count). The zero-order valence-electron chi connectivity index (χ0n) is 29.8. The van der Waals surface area contributed by atoms with Gasteiger partial charge in [0.2, 0.25) is 0 Å². The lowest BCUT2D eigenvalue weighted by Crippen LogP contribution is -2.12. The minimum atomic E-state index is 0.893. The predicted molar refractivity (Wildman–Crippen MR) is 235 cm³/mol. The second kappa shape index (κ2) is 12.9. The van der Waals surface area contributed by atoms with Gasteiger partial charge in [0.05, 0.1) is 11.4 Å². The molecule has 2 nitrogen and oxygen atoms in total. The van der Waals surface area contributed by atoms with Crippen molar-refractivity contribution in [2.45, 2.75) is 0 Å². The number of para-hydroxylation sites is 4. The van der Waals surface area contributed by atoms with Gasteiger partial charge in [-0.05, 0) is 82.1 Å². The molecule has 0 bridgehead atoms. The van der Waals surface area contributed by atoms with Gasteiger partial charge in [-0.3, -0.25) is 0 Å². The number of anilines is 3. The molecule has 3 heteroatoms. The van der Waals surface area contributed by atoms with Crippen molar-refractivity contribution in [3.8, 4) is 33.4 Å². The highest BCUT2D eigenvalue weighted by Gasteiger charge is 2.23. The van der Waals surface area contributed by atoms with Gasteiger partial charge in [-0.1, -0.05) is 146 Å². The van der Waals surface area contributed by atoms with Crippen LogP contribution in [0.2, 0.25) is 0 Å². The van der Waals surface area contributed by atoms with Crippen LogP contribution in [0.4, 0.5) is 17.1 Å². The summed E-state index contributed by atoms with van der Waals surface area (Å²) in [6.45, 7) is 0. The molecule has 55 heavy (non-hydrogen) atoms. The van der Waals surface area contributed by atoms with E-state index in [2.05, 4.69) is 199 Å². The van der Waals surface area contributed by atoms with Crippen molar-refractivity contribution in [3.63, 3.8) is 0 Å². The van der Waals surface area contributed by atoms with Gasteiger partial charge in [0.15, 0.2) is 0 Å². The average molecular weight is 720 g/mol. The first-order chi connectivity index (χ1) is 27.3. The van der Waals surface area contributed by atoms with Crippen molar-refractivity contribution < 1.29 is 4.42 Å². The molecule has 0 radical (unpaired) electrons. The quantitative estimate of drug-likeness (QED) is 0.170. The van der Waals surface area contributed by atoms with E-state index in [1.54, 1.807) is 0 Å². The number of hydrogen-bond acceptors (Lipinski definition) is 3. The molecule has 0 amide bonds. The number of rotatable bonds is 6. The number of nitrogens with zero attached hydrogens (tertiary/aromatic N) is 1. The SMILES string of the molecule is c1cc(-c2ccc3sc4ccccc4c3c2)cc(N(c2ccccc2-c2ccc3ccccc3c2)c2ccccc2-c2cccc3c2oc2ccccc23)c1. The lowest BCUT2D eigenvalue weighted by atomic mass is 9.96. The highest BCUT2D eigenvalue weighted by Crippen LogP contribution is 2.47. The predicted octanol–water partition coefficient (Wildman–Crippen LogP) is 15.6. The van der Waals surface area contributed by atoms with E-state index in [1.807, 2.05) is 17.4 Å². The molecule has 9 aromatic carbocycles. The van der Waals surface area contributed by atoms with Gasteiger partial charge in [0.25, 0.3) is 0 Å². The molecule has 0 N–H and O–H groups in total. The normalized spacial score (nSPS) is 11.6. The number of thiophene rings is 1. The van der Waals surface area contributed by atoms with E-state index in [4.69, 9.17) is 4.42 Å². The largest absolute Gasteiger partial charge is 0.455 e. The van der Waals surface area contributed by atoms with Crippen LogP contribution >= 0.6 is 11.3 Å².